The Morgan fingerprint density at radius 2 is 2.04 bits per heavy atom. The maximum Gasteiger partial charge on any atom is 0.303 e. The van der Waals surface area contributed by atoms with Crippen LogP contribution in [-0.2, 0) is 22.6 Å². The first-order valence-corrected chi connectivity index (χ1v) is 8.11. The van der Waals surface area contributed by atoms with Gasteiger partial charge in [0.2, 0.25) is 0 Å². The third kappa shape index (κ3) is 3.77. The van der Waals surface area contributed by atoms with E-state index < -0.39 is 12.1 Å². The van der Waals surface area contributed by atoms with E-state index in [0.717, 1.165) is 10.9 Å². The van der Waals surface area contributed by atoms with Gasteiger partial charge in [0.25, 0.3) is 0 Å². The molecule has 0 fully saturated rings. The number of benzene rings is 1. The van der Waals surface area contributed by atoms with Crippen LogP contribution in [-0.4, -0.2) is 54.3 Å². The smallest absolute Gasteiger partial charge is 0.303 e. The number of esters is 1. The van der Waals surface area contributed by atoms with Crippen molar-refractivity contribution in [1.82, 2.24) is 24.8 Å². The van der Waals surface area contributed by atoms with Crippen molar-refractivity contribution in [3.8, 4) is 0 Å². The quantitative estimate of drug-likeness (QED) is 0.492. The number of nitrogens with zero attached hydrogens (tertiary/aromatic N) is 5. The summed E-state index contributed by atoms with van der Waals surface area (Å²) in [7, 11) is 0. The van der Waals surface area contributed by atoms with E-state index in [0.29, 0.717) is 17.9 Å². The lowest BCUT2D eigenvalue weighted by Gasteiger charge is -2.12. The first-order chi connectivity index (χ1) is 12.5. The maximum absolute atomic E-state index is 11.8. The normalized spacial score (nSPS) is 12.3. The van der Waals surface area contributed by atoms with Gasteiger partial charge in [-0.05, 0) is 18.2 Å². The molecule has 9 nitrogen and oxygen atoms in total. The molecule has 3 aromatic rings. The summed E-state index contributed by atoms with van der Waals surface area (Å²) in [5.74, 6) is -0.0518. The second-order valence-electron chi connectivity index (χ2n) is 5.92. The Balaban J connectivity index is 1.80. The zero-order valence-electron chi connectivity index (χ0n) is 14.5. The summed E-state index contributed by atoms with van der Waals surface area (Å²) in [4.78, 5) is 24.1. The SMILES string of the molecule is CC(=O)OC(CO)Cn1nnc(Cn2cc(C(C)=O)c3ccccc32)n1. The Morgan fingerprint density at radius 3 is 2.73 bits per heavy atom. The molecule has 0 bridgehead atoms. The van der Waals surface area contributed by atoms with Crippen LogP contribution in [0, 0.1) is 0 Å². The molecule has 0 amide bonds. The fourth-order valence-corrected chi connectivity index (χ4v) is 2.78. The molecule has 2 heterocycles. The topological polar surface area (TPSA) is 112 Å². The van der Waals surface area contributed by atoms with Gasteiger partial charge in [-0.25, -0.2) is 0 Å². The van der Waals surface area contributed by atoms with E-state index in [1.54, 1.807) is 6.20 Å². The first kappa shape index (κ1) is 17.7. The number of para-hydroxylation sites is 1. The van der Waals surface area contributed by atoms with Crippen LogP contribution in [0.5, 0.6) is 0 Å². The maximum atomic E-state index is 11.8. The lowest BCUT2D eigenvalue weighted by atomic mass is 10.1. The van der Waals surface area contributed by atoms with Crippen molar-refractivity contribution in [2.75, 3.05) is 6.61 Å². The van der Waals surface area contributed by atoms with Crippen molar-refractivity contribution in [3.05, 3.63) is 41.9 Å². The Labute approximate surface area is 149 Å². The van der Waals surface area contributed by atoms with Crippen molar-refractivity contribution in [1.29, 1.82) is 0 Å². The Kier molecular flexibility index (Phi) is 5.08. The summed E-state index contributed by atoms with van der Waals surface area (Å²) < 4.78 is 6.85. The van der Waals surface area contributed by atoms with Crippen molar-refractivity contribution in [2.45, 2.75) is 33.0 Å². The zero-order valence-corrected chi connectivity index (χ0v) is 14.5. The molecular weight excluding hydrogens is 338 g/mol. The molecule has 1 aromatic carbocycles. The summed E-state index contributed by atoms with van der Waals surface area (Å²) in [5.41, 5.74) is 1.55. The van der Waals surface area contributed by atoms with Crippen LogP contribution in [0.15, 0.2) is 30.5 Å². The van der Waals surface area contributed by atoms with Crippen LogP contribution >= 0.6 is 0 Å². The molecule has 0 spiro atoms. The van der Waals surface area contributed by atoms with Gasteiger partial charge in [0.15, 0.2) is 11.6 Å². The second kappa shape index (κ2) is 7.44. The molecule has 0 aliphatic rings. The van der Waals surface area contributed by atoms with E-state index in [2.05, 4.69) is 15.4 Å². The van der Waals surface area contributed by atoms with Crippen molar-refractivity contribution >= 4 is 22.7 Å². The number of fused-ring (bicyclic) bond motifs is 1. The van der Waals surface area contributed by atoms with Crippen LogP contribution in [0.25, 0.3) is 10.9 Å². The van der Waals surface area contributed by atoms with Gasteiger partial charge in [0, 0.05) is 29.6 Å². The molecule has 1 atom stereocenters. The van der Waals surface area contributed by atoms with Crippen molar-refractivity contribution < 1.29 is 19.4 Å². The van der Waals surface area contributed by atoms with E-state index in [1.165, 1.54) is 18.6 Å². The number of aliphatic hydroxyl groups excluding tert-OH is 1. The van der Waals surface area contributed by atoms with Gasteiger partial charge in [-0.15, -0.1) is 10.2 Å². The first-order valence-electron chi connectivity index (χ1n) is 8.11. The molecule has 1 unspecified atom stereocenters. The Bertz CT molecular complexity index is 946. The van der Waals surface area contributed by atoms with Gasteiger partial charge < -0.3 is 14.4 Å². The van der Waals surface area contributed by atoms with Crippen LogP contribution < -0.4 is 0 Å². The molecule has 0 saturated heterocycles. The highest BCUT2D eigenvalue weighted by Gasteiger charge is 2.16. The minimum Gasteiger partial charge on any atom is -0.458 e. The Morgan fingerprint density at radius 1 is 1.27 bits per heavy atom. The summed E-state index contributed by atoms with van der Waals surface area (Å²) in [6.45, 7) is 2.91. The van der Waals surface area contributed by atoms with Gasteiger partial charge in [0.05, 0.1) is 13.2 Å². The van der Waals surface area contributed by atoms with E-state index in [-0.39, 0.29) is 18.9 Å². The number of carbonyl (C=O) groups is 2. The number of Topliss-reactive ketones (excluding diaryl/α,β-unsaturated/α-hetero) is 1. The van der Waals surface area contributed by atoms with Crippen LogP contribution in [0.4, 0.5) is 0 Å². The molecule has 2 aromatic heterocycles. The minimum atomic E-state index is -0.730. The highest BCUT2D eigenvalue weighted by atomic mass is 16.5. The number of tetrazole rings is 1. The number of aromatic nitrogens is 5. The molecule has 26 heavy (non-hydrogen) atoms. The number of carbonyl (C=O) groups excluding carboxylic acids is 2. The largest absolute Gasteiger partial charge is 0.458 e. The average molecular weight is 357 g/mol. The predicted octanol–water partition coefficient (Wildman–Crippen LogP) is 0.803. The molecule has 3 rings (SSSR count). The van der Waals surface area contributed by atoms with Crippen LogP contribution in [0.3, 0.4) is 0 Å². The fourth-order valence-electron chi connectivity index (χ4n) is 2.78. The van der Waals surface area contributed by atoms with Gasteiger partial charge >= 0.3 is 5.97 Å². The van der Waals surface area contributed by atoms with Gasteiger partial charge in [-0.1, -0.05) is 18.2 Å². The number of hydrogen-bond acceptors (Lipinski definition) is 7. The van der Waals surface area contributed by atoms with Gasteiger partial charge in [-0.3, -0.25) is 9.59 Å². The fraction of sp³-hybridized carbons (Fsp3) is 0.353. The summed E-state index contributed by atoms with van der Waals surface area (Å²) >= 11 is 0. The number of ether oxygens (including phenoxy) is 1. The van der Waals surface area contributed by atoms with Crippen LogP contribution in [0.2, 0.25) is 0 Å². The number of hydrogen-bond donors (Lipinski definition) is 1. The standard InChI is InChI=1S/C17H19N5O4/c1-11(24)15-8-21(16-6-4-3-5-14(15)16)9-17-18-20-22(19-17)7-13(10-23)26-12(2)25/h3-6,8,13,23H,7,9-10H2,1-2H3. The summed E-state index contributed by atoms with van der Waals surface area (Å²) in [5, 5.41) is 22.3. The van der Waals surface area contributed by atoms with E-state index in [9.17, 15) is 14.7 Å². The van der Waals surface area contributed by atoms with E-state index in [1.807, 2.05) is 28.8 Å². The summed E-state index contributed by atoms with van der Waals surface area (Å²) in [6.07, 6.45) is 1.05. The van der Waals surface area contributed by atoms with Crippen LogP contribution in [0.1, 0.15) is 30.0 Å². The number of aliphatic hydroxyl groups is 1. The van der Waals surface area contributed by atoms with E-state index in [4.69, 9.17) is 4.74 Å². The van der Waals surface area contributed by atoms with Gasteiger partial charge in [0.1, 0.15) is 12.6 Å². The minimum absolute atomic E-state index is 0.0104. The average Bonchev–Trinajstić information content (AvgIpc) is 3.19. The molecule has 1 N–H and O–H groups in total. The monoisotopic (exact) mass is 357 g/mol. The lowest BCUT2D eigenvalue weighted by Crippen LogP contribution is -2.27. The molecule has 0 aliphatic heterocycles. The summed E-state index contributed by atoms with van der Waals surface area (Å²) in [6, 6.07) is 7.61. The van der Waals surface area contributed by atoms with E-state index >= 15 is 0 Å². The molecule has 9 heteroatoms. The second-order valence-corrected chi connectivity index (χ2v) is 5.92. The molecule has 0 aliphatic carbocycles. The number of ketones is 1. The zero-order chi connectivity index (χ0) is 18.7. The van der Waals surface area contributed by atoms with Gasteiger partial charge in [-0.2, -0.15) is 4.80 Å². The van der Waals surface area contributed by atoms with Crippen molar-refractivity contribution in [2.24, 2.45) is 0 Å². The van der Waals surface area contributed by atoms with Crippen molar-refractivity contribution in [3.63, 3.8) is 0 Å². The molecule has 0 radical (unpaired) electrons. The predicted molar refractivity (Wildman–Crippen MR) is 91.5 cm³/mol. The molecule has 136 valence electrons. The third-order valence-electron chi connectivity index (χ3n) is 3.88. The molecule has 0 saturated carbocycles. The molecular formula is C17H19N5O4. The highest BCUT2D eigenvalue weighted by molar-refractivity contribution is 6.06. The number of rotatable bonds is 7. The third-order valence-corrected chi connectivity index (χ3v) is 3.88. The Hall–Kier alpha value is -3.07. The lowest BCUT2D eigenvalue weighted by molar-refractivity contribution is -0.149. The highest BCUT2D eigenvalue weighted by Crippen LogP contribution is 2.22.